The average Bonchev–Trinajstić information content (AvgIpc) is 3.84. The smallest absolute Gasteiger partial charge is 0.238 e. The van der Waals surface area contributed by atoms with Gasteiger partial charge in [0, 0.05) is 38.4 Å². The Hall–Kier alpha value is -7.58. The number of fused-ring (bicyclic) bond motifs is 7. The van der Waals surface area contributed by atoms with Gasteiger partial charge >= 0.3 is 0 Å². The van der Waals surface area contributed by atoms with E-state index < -0.39 is 0 Å². The molecule has 0 unspecified atom stereocenters. The first-order valence-corrected chi connectivity index (χ1v) is 20.8. The summed E-state index contributed by atoms with van der Waals surface area (Å²) >= 11 is 0. The van der Waals surface area contributed by atoms with Crippen molar-refractivity contribution < 1.29 is 0 Å². The minimum atomic E-state index is 0. The molecule has 8 aromatic carbocycles. The highest BCUT2D eigenvalue weighted by Gasteiger charge is 2.21. The molecule has 3 aromatic heterocycles. The van der Waals surface area contributed by atoms with E-state index in [1.165, 1.54) is 39.7 Å². The van der Waals surface area contributed by atoms with Gasteiger partial charge in [0.2, 0.25) is 5.95 Å². The minimum Gasteiger partial charge on any atom is -0.333 e. The lowest BCUT2D eigenvalue weighted by Crippen LogP contribution is -2.06. The lowest BCUT2D eigenvalue weighted by molar-refractivity contribution is 0.954. The van der Waals surface area contributed by atoms with E-state index in [9.17, 15) is 0 Å². The number of benzene rings is 8. The maximum Gasteiger partial charge on any atom is 0.238 e. The molecule has 0 aliphatic heterocycles. The number of aryl methyl sites for hydroxylation is 1. The lowest BCUT2D eigenvalue weighted by atomic mass is 10.1. The van der Waals surface area contributed by atoms with Crippen molar-refractivity contribution in [2.45, 2.75) is 13.8 Å². The molecule has 0 bridgehead atoms. The van der Waals surface area contributed by atoms with Crippen molar-refractivity contribution >= 4 is 67.9 Å². The number of hydrogen-bond donors (Lipinski definition) is 1. The second-order valence-corrected chi connectivity index (χ2v) is 14.6. The van der Waals surface area contributed by atoms with Crippen LogP contribution < -0.4 is 5.73 Å². The molecule has 310 valence electrons. The predicted octanol–water partition coefficient (Wildman–Crippen LogP) is 14.0. The molecule has 0 atom stereocenters. The zero-order valence-electron chi connectivity index (χ0n) is 35.7. The zero-order valence-corrected chi connectivity index (χ0v) is 36.7. The van der Waals surface area contributed by atoms with Crippen molar-refractivity contribution in [3.63, 3.8) is 0 Å². The van der Waals surface area contributed by atoms with Crippen LogP contribution in [0.4, 0.5) is 0 Å². The summed E-state index contributed by atoms with van der Waals surface area (Å²) < 4.78 is 4.60. The number of nitrogens with zero attached hydrogens (tertiary/aromatic N) is 5. The van der Waals surface area contributed by atoms with E-state index in [2.05, 4.69) is 144 Å². The van der Waals surface area contributed by atoms with Gasteiger partial charge in [-0.3, -0.25) is 4.57 Å². The number of hydrogen-bond acceptors (Lipinski definition) is 4. The summed E-state index contributed by atoms with van der Waals surface area (Å²) in [6.45, 7) is 7.51. The molecule has 6 nitrogen and oxygen atoms in total. The predicted molar refractivity (Wildman–Crippen MR) is 274 cm³/mol. The maximum absolute atomic E-state index is 5.13. The number of aromatic nitrogens is 5. The fourth-order valence-corrected chi connectivity index (χ4v) is 7.81. The Morgan fingerprint density at radius 1 is 0.460 bits per heavy atom. The molecule has 63 heavy (non-hydrogen) atoms. The minimum absolute atomic E-state index is 0. The Morgan fingerprint density at radius 3 is 1.41 bits per heavy atom. The Balaban J connectivity index is 0.000000346. The van der Waals surface area contributed by atoms with Gasteiger partial charge in [0.05, 0.1) is 22.1 Å². The molecule has 11 aromatic rings. The van der Waals surface area contributed by atoms with Crippen LogP contribution in [-0.4, -0.2) is 31.1 Å². The van der Waals surface area contributed by atoms with Crippen molar-refractivity contribution in [3.05, 3.63) is 224 Å². The summed E-state index contributed by atoms with van der Waals surface area (Å²) in [6, 6.07) is 67.7. The molecule has 0 aliphatic rings. The Kier molecular flexibility index (Phi) is 14.0. The highest BCUT2D eigenvalue weighted by Crippen LogP contribution is 2.40. The molecule has 0 spiro atoms. The van der Waals surface area contributed by atoms with Gasteiger partial charge in [-0.1, -0.05) is 188 Å². The second-order valence-electron chi connectivity index (χ2n) is 14.6. The largest absolute Gasteiger partial charge is 0.333 e. The SMILES string of the molecule is C=C/C=C\C.CN.Cc1ccccc1.S.c1ccc(-c2nc(-c3ccccc3)nc(-n3c4ccccc4c4cc5c(cc43)c3ccccc3n5-c3ccc4ccccc4c3)n2)cc1. The third kappa shape index (κ3) is 9.07. The van der Waals surface area contributed by atoms with Crippen LogP contribution in [0.15, 0.2) is 219 Å². The van der Waals surface area contributed by atoms with Gasteiger partial charge in [0.1, 0.15) is 0 Å². The molecule has 0 radical (unpaired) electrons. The summed E-state index contributed by atoms with van der Waals surface area (Å²) in [5.74, 6) is 1.87. The fraction of sp³-hybridized carbons (Fsp3) is 0.0536. The van der Waals surface area contributed by atoms with E-state index in [1.807, 2.05) is 97.9 Å². The number of para-hydroxylation sites is 2. The van der Waals surface area contributed by atoms with Gasteiger partial charge in [-0.05, 0) is 68.1 Å². The molecular weight excluding hydrogens is 789 g/mol. The maximum atomic E-state index is 5.13. The van der Waals surface area contributed by atoms with E-state index >= 15 is 0 Å². The fourth-order valence-electron chi connectivity index (χ4n) is 7.81. The first-order valence-electron chi connectivity index (χ1n) is 20.8. The van der Waals surface area contributed by atoms with Gasteiger partial charge in [-0.25, -0.2) is 4.98 Å². The van der Waals surface area contributed by atoms with Crippen molar-refractivity contribution in [2.75, 3.05) is 7.05 Å². The summed E-state index contributed by atoms with van der Waals surface area (Å²) in [4.78, 5) is 15.2. The molecule has 7 heteroatoms. The van der Waals surface area contributed by atoms with Crippen molar-refractivity contribution in [2.24, 2.45) is 5.73 Å². The molecule has 11 rings (SSSR count). The third-order valence-corrected chi connectivity index (χ3v) is 10.6. The van der Waals surface area contributed by atoms with E-state index in [1.54, 1.807) is 6.08 Å². The molecule has 3 heterocycles. The van der Waals surface area contributed by atoms with Crippen LogP contribution in [0.25, 0.3) is 88.8 Å². The zero-order chi connectivity index (χ0) is 42.8. The van der Waals surface area contributed by atoms with Crippen LogP contribution in [0.3, 0.4) is 0 Å². The van der Waals surface area contributed by atoms with Crippen molar-refractivity contribution in [1.82, 2.24) is 24.1 Å². The van der Waals surface area contributed by atoms with Crippen molar-refractivity contribution in [1.29, 1.82) is 0 Å². The Bertz CT molecular complexity index is 3240. The first-order chi connectivity index (χ1) is 30.6. The van der Waals surface area contributed by atoms with Gasteiger partial charge in [-0.15, -0.1) is 0 Å². The van der Waals surface area contributed by atoms with Crippen LogP contribution in [-0.2, 0) is 0 Å². The third-order valence-electron chi connectivity index (χ3n) is 10.6. The monoisotopic (exact) mass is 838 g/mol. The normalized spacial score (nSPS) is 10.7. The van der Waals surface area contributed by atoms with Crippen LogP contribution in [0.5, 0.6) is 0 Å². The highest BCUT2D eigenvalue weighted by atomic mass is 32.1. The summed E-state index contributed by atoms with van der Waals surface area (Å²) in [5.41, 5.74) is 13.3. The Labute approximate surface area is 375 Å². The van der Waals surface area contributed by atoms with Gasteiger partial charge in [-0.2, -0.15) is 23.5 Å². The Morgan fingerprint density at radius 2 is 0.921 bits per heavy atom. The molecule has 0 aliphatic carbocycles. The van der Waals surface area contributed by atoms with E-state index in [-0.39, 0.29) is 13.5 Å². The van der Waals surface area contributed by atoms with Gasteiger partial charge in [0.25, 0.3) is 0 Å². The standard InChI is InChI=1S/C43H27N5.C7H8.C5H8.CH5N.H2S/c1-3-14-29(15-4-1)41-44-42(30-16-5-2-6-17-30)46-43(45-41)48-38-22-12-10-20-34(38)36-26-39-35(27-40(36)48)33-19-9-11-21-37(33)47(39)32-24-23-28-13-7-8-18-31(28)25-32;1-7-5-3-2-4-6-7;1-3-5-4-2;1-2;/h1-27H;2-6H,1H3;3-5H,1H2,2H3;2H2,1H3;1H2/b;;5-4-;;. The topological polar surface area (TPSA) is 74.5 Å². The molecule has 0 fully saturated rings. The molecule has 0 saturated heterocycles. The molecule has 0 saturated carbocycles. The van der Waals surface area contributed by atoms with Crippen LogP contribution in [0.2, 0.25) is 0 Å². The molecule has 0 amide bonds. The molecule has 2 N–H and O–H groups in total. The van der Waals surface area contributed by atoms with E-state index in [0.717, 1.165) is 44.1 Å². The van der Waals surface area contributed by atoms with Gasteiger partial charge in [0.15, 0.2) is 11.6 Å². The second kappa shape index (κ2) is 20.3. The van der Waals surface area contributed by atoms with Gasteiger partial charge < -0.3 is 10.3 Å². The number of nitrogens with two attached hydrogens (primary N) is 1. The number of rotatable bonds is 5. The van der Waals surface area contributed by atoms with Crippen LogP contribution in [0, 0.1) is 6.92 Å². The highest BCUT2D eigenvalue weighted by molar-refractivity contribution is 7.59. The van der Waals surface area contributed by atoms with Crippen molar-refractivity contribution in [3.8, 4) is 34.4 Å². The summed E-state index contributed by atoms with van der Waals surface area (Å²) in [6.07, 6.45) is 5.58. The van der Waals surface area contributed by atoms with E-state index in [0.29, 0.717) is 17.6 Å². The first kappa shape index (κ1) is 43.5. The molecular formula is C56H50N6S. The van der Waals surface area contributed by atoms with E-state index in [4.69, 9.17) is 15.0 Å². The number of allylic oxidation sites excluding steroid dienone is 3. The summed E-state index contributed by atoms with van der Waals surface area (Å²) in [7, 11) is 1.50. The lowest BCUT2D eigenvalue weighted by Gasteiger charge is -2.11. The van der Waals surface area contributed by atoms with Crippen LogP contribution >= 0.6 is 13.5 Å². The van der Waals surface area contributed by atoms with Crippen LogP contribution in [0.1, 0.15) is 12.5 Å². The summed E-state index contributed by atoms with van der Waals surface area (Å²) in [5, 5.41) is 7.12. The average molecular weight is 839 g/mol. The quantitative estimate of drug-likeness (QED) is 0.175.